The van der Waals surface area contributed by atoms with E-state index in [9.17, 15) is 9.18 Å². The monoisotopic (exact) mass is 264 g/mol. The molecular formula is C15H21FN2O. The van der Waals surface area contributed by atoms with Crippen molar-refractivity contribution < 1.29 is 9.18 Å². The van der Waals surface area contributed by atoms with Crippen LogP contribution in [0.25, 0.3) is 0 Å². The third-order valence-corrected chi connectivity index (χ3v) is 3.75. The number of benzene rings is 1. The third-order valence-electron chi connectivity index (χ3n) is 3.75. The normalized spacial score (nSPS) is 16.1. The first-order valence-corrected chi connectivity index (χ1v) is 6.80. The van der Waals surface area contributed by atoms with E-state index in [0.29, 0.717) is 18.4 Å². The highest BCUT2D eigenvalue weighted by Crippen LogP contribution is 2.44. The van der Waals surface area contributed by atoms with Gasteiger partial charge in [0.15, 0.2) is 0 Å². The summed E-state index contributed by atoms with van der Waals surface area (Å²) in [4.78, 5) is 11.8. The quantitative estimate of drug-likeness (QED) is 0.789. The molecule has 0 aromatic heterocycles. The minimum Gasteiger partial charge on any atom is -0.355 e. The molecule has 1 aromatic carbocycles. The maximum atomic E-state index is 13.4. The number of hydrogen-bond acceptors (Lipinski definition) is 2. The Hall–Kier alpha value is -1.42. The van der Waals surface area contributed by atoms with Gasteiger partial charge < -0.3 is 10.6 Å². The molecule has 3 nitrogen and oxygen atoms in total. The first-order chi connectivity index (χ1) is 9.15. The molecule has 2 N–H and O–H groups in total. The number of halogens is 1. The number of rotatable bonds is 7. The second kappa shape index (κ2) is 6.15. The highest BCUT2D eigenvalue weighted by atomic mass is 19.1. The molecule has 1 amide bonds. The fraction of sp³-hybridized carbons (Fsp3) is 0.533. The van der Waals surface area contributed by atoms with Crippen LogP contribution in [-0.4, -0.2) is 26.0 Å². The number of carbonyl (C=O) groups excluding carboxylic acids is 1. The molecule has 0 spiro atoms. The van der Waals surface area contributed by atoms with Crippen molar-refractivity contribution in [3.05, 3.63) is 35.6 Å². The number of hydrogen-bond donors (Lipinski definition) is 2. The van der Waals surface area contributed by atoms with E-state index < -0.39 is 0 Å². The van der Waals surface area contributed by atoms with Crippen molar-refractivity contribution in [2.24, 2.45) is 5.41 Å². The highest BCUT2D eigenvalue weighted by Gasteiger charge is 2.41. The molecule has 0 saturated heterocycles. The van der Waals surface area contributed by atoms with Crippen LogP contribution < -0.4 is 10.6 Å². The molecule has 1 fully saturated rings. The molecule has 0 radical (unpaired) electrons. The van der Waals surface area contributed by atoms with Crippen LogP contribution in [0.3, 0.4) is 0 Å². The van der Waals surface area contributed by atoms with Crippen molar-refractivity contribution in [3.8, 4) is 0 Å². The number of aryl methyl sites for hydroxylation is 1. The fourth-order valence-electron chi connectivity index (χ4n) is 2.29. The Balaban J connectivity index is 1.72. The van der Waals surface area contributed by atoms with Gasteiger partial charge in [-0.15, -0.1) is 0 Å². The van der Waals surface area contributed by atoms with Crippen LogP contribution in [0.4, 0.5) is 4.39 Å². The van der Waals surface area contributed by atoms with Crippen molar-refractivity contribution >= 4 is 5.91 Å². The molecule has 104 valence electrons. The van der Waals surface area contributed by atoms with Crippen LogP contribution in [-0.2, 0) is 11.2 Å². The van der Waals surface area contributed by atoms with Gasteiger partial charge in [-0.05, 0) is 37.9 Å². The van der Waals surface area contributed by atoms with Crippen molar-refractivity contribution in [1.82, 2.24) is 10.6 Å². The average molecular weight is 264 g/mol. The van der Waals surface area contributed by atoms with Crippen LogP contribution in [0.1, 0.15) is 24.8 Å². The Bertz CT molecular complexity index is 444. The van der Waals surface area contributed by atoms with Gasteiger partial charge in [-0.2, -0.15) is 0 Å². The lowest BCUT2D eigenvalue weighted by Crippen LogP contribution is -2.35. The zero-order chi connectivity index (χ0) is 13.7. The summed E-state index contributed by atoms with van der Waals surface area (Å²) in [7, 11) is 1.93. The largest absolute Gasteiger partial charge is 0.355 e. The summed E-state index contributed by atoms with van der Waals surface area (Å²) in [6.07, 6.45) is 3.14. The summed E-state index contributed by atoms with van der Waals surface area (Å²) >= 11 is 0. The molecule has 19 heavy (non-hydrogen) atoms. The van der Waals surface area contributed by atoms with Crippen molar-refractivity contribution in [2.75, 3.05) is 20.1 Å². The zero-order valence-corrected chi connectivity index (χ0v) is 11.3. The average Bonchev–Trinajstić information content (AvgIpc) is 3.16. The van der Waals surface area contributed by atoms with Gasteiger partial charge in [-0.25, -0.2) is 4.39 Å². The van der Waals surface area contributed by atoms with E-state index in [1.807, 2.05) is 7.05 Å². The second-order valence-electron chi connectivity index (χ2n) is 5.40. The first-order valence-electron chi connectivity index (χ1n) is 6.80. The van der Waals surface area contributed by atoms with E-state index in [1.54, 1.807) is 18.2 Å². The minimum absolute atomic E-state index is 0.00521. The molecule has 2 rings (SSSR count). The molecule has 1 aromatic rings. The van der Waals surface area contributed by atoms with Crippen LogP contribution in [0, 0.1) is 11.2 Å². The Kier molecular flexibility index (Phi) is 4.53. The Morgan fingerprint density at radius 2 is 2.05 bits per heavy atom. The van der Waals surface area contributed by atoms with Crippen molar-refractivity contribution in [3.63, 3.8) is 0 Å². The first kappa shape index (κ1) is 14.0. The second-order valence-corrected chi connectivity index (χ2v) is 5.40. The Morgan fingerprint density at radius 3 is 2.68 bits per heavy atom. The number of carbonyl (C=O) groups is 1. The van der Waals surface area contributed by atoms with E-state index in [2.05, 4.69) is 10.6 Å². The van der Waals surface area contributed by atoms with Gasteiger partial charge in [0.2, 0.25) is 5.91 Å². The molecular weight excluding hydrogens is 243 g/mol. The van der Waals surface area contributed by atoms with E-state index >= 15 is 0 Å². The Labute approximate surface area is 113 Å². The van der Waals surface area contributed by atoms with E-state index in [-0.39, 0.29) is 17.1 Å². The van der Waals surface area contributed by atoms with Gasteiger partial charge in [-0.1, -0.05) is 18.2 Å². The summed E-state index contributed by atoms with van der Waals surface area (Å²) in [6, 6.07) is 6.61. The molecule has 0 heterocycles. The van der Waals surface area contributed by atoms with E-state index in [0.717, 1.165) is 13.1 Å². The highest BCUT2D eigenvalue weighted by molar-refractivity contribution is 5.76. The third kappa shape index (κ3) is 4.03. The van der Waals surface area contributed by atoms with Gasteiger partial charge in [0.05, 0.1) is 0 Å². The van der Waals surface area contributed by atoms with E-state index in [1.165, 1.54) is 18.9 Å². The summed E-state index contributed by atoms with van der Waals surface area (Å²) in [6.45, 7) is 1.67. The Morgan fingerprint density at radius 1 is 1.32 bits per heavy atom. The lowest BCUT2D eigenvalue weighted by Gasteiger charge is -2.15. The fourth-order valence-corrected chi connectivity index (χ4v) is 2.29. The molecule has 1 aliphatic carbocycles. The van der Waals surface area contributed by atoms with Crippen LogP contribution in [0.5, 0.6) is 0 Å². The van der Waals surface area contributed by atoms with Crippen LogP contribution in [0.15, 0.2) is 24.3 Å². The predicted octanol–water partition coefficient (Wildman–Crippen LogP) is 1.87. The predicted molar refractivity (Wildman–Crippen MR) is 73.3 cm³/mol. The van der Waals surface area contributed by atoms with E-state index in [4.69, 9.17) is 0 Å². The van der Waals surface area contributed by atoms with Gasteiger partial charge in [0.25, 0.3) is 0 Å². The maximum absolute atomic E-state index is 13.4. The molecule has 0 atom stereocenters. The summed E-state index contributed by atoms with van der Waals surface area (Å²) in [5, 5.41) is 6.12. The maximum Gasteiger partial charge on any atom is 0.220 e. The molecule has 1 saturated carbocycles. The molecule has 1 aliphatic rings. The SMILES string of the molecule is CNCC1(CNC(=O)CCc2ccccc2F)CC1. The standard InChI is InChI=1S/C15H21FN2O/c1-17-10-15(8-9-15)11-18-14(19)7-6-12-4-2-3-5-13(12)16/h2-5,17H,6-11H2,1H3,(H,18,19). The smallest absolute Gasteiger partial charge is 0.220 e. The van der Waals surface area contributed by atoms with Gasteiger partial charge in [-0.3, -0.25) is 4.79 Å². The number of amides is 1. The minimum atomic E-state index is -0.232. The molecule has 0 unspecified atom stereocenters. The van der Waals surface area contributed by atoms with Crippen LogP contribution >= 0.6 is 0 Å². The lowest BCUT2D eigenvalue weighted by atomic mass is 10.1. The summed E-state index contributed by atoms with van der Waals surface area (Å²) in [5.74, 6) is -0.227. The van der Waals surface area contributed by atoms with Gasteiger partial charge in [0.1, 0.15) is 5.82 Å². The van der Waals surface area contributed by atoms with Crippen molar-refractivity contribution in [2.45, 2.75) is 25.7 Å². The topological polar surface area (TPSA) is 41.1 Å². The van der Waals surface area contributed by atoms with Gasteiger partial charge in [0, 0.05) is 24.9 Å². The van der Waals surface area contributed by atoms with Crippen molar-refractivity contribution in [1.29, 1.82) is 0 Å². The van der Waals surface area contributed by atoms with Gasteiger partial charge >= 0.3 is 0 Å². The zero-order valence-electron chi connectivity index (χ0n) is 11.3. The molecule has 0 bridgehead atoms. The lowest BCUT2D eigenvalue weighted by molar-refractivity contribution is -0.121. The summed E-state index contributed by atoms with van der Waals surface area (Å²) in [5.41, 5.74) is 0.872. The molecule has 0 aliphatic heterocycles. The number of nitrogens with one attached hydrogen (secondary N) is 2. The summed E-state index contributed by atoms with van der Waals surface area (Å²) < 4.78 is 13.4. The molecule has 4 heteroatoms. The van der Waals surface area contributed by atoms with Crippen LogP contribution in [0.2, 0.25) is 0 Å².